The standard InChI is InChI=1S/C30H30FN9O/c1-30(32,22-2-4-24(31)5-3-22)23-14-33-28(34-15-23)19-8-10-38(11-9-19)29-26-12-20(16-40(26)37-18-35-29)21-13-36-39(17-21)25-6-7-27(25)41/h2-5,8,12-18,25,27,41H,6-7,9-11,32H2,1H3/t25-,27-,30?/m0/s1. The Labute approximate surface area is 236 Å². The monoisotopic (exact) mass is 551 g/mol. The van der Waals surface area contributed by atoms with Crippen LogP contribution in [0.1, 0.15) is 49.2 Å². The molecule has 0 amide bonds. The van der Waals surface area contributed by atoms with E-state index in [1.165, 1.54) is 12.1 Å². The molecule has 4 aromatic heterocycles. The normalized spacial score (nSPS) is 20.5. The van der Waals surface area contributed by atoms with E-state index in [1.54, 1.807) is 30.9 Å². The summed E-state index contributed by atoms with van der Waals surface area (Å²) in [6, 6.07) is 8.33. The molecule has 2 aliphatic rings. The summed E-state index contributed by atoms with van der Waals surface area (Å²) in [5.41, 5.74) is 11.3. The van der Waals surface area contributed by atoms with Crippen LogP contribution in [0.15, 0.2) is 73.7 Å². The average Bonchev–Trinajstić information content (AvgIpc) is 3.64. The van der Waals surface area contributed by atoms with Crippen molar-refractivity contribution in [1.29, 1.82) is 0 Å². The van der Waals surface area contributed by atoms with Gasteiger partial charge in [0.05, 0.1) is 23.9 Å². The third-order valence-electron chi connectivity index (χ3n) is 8.35. The predicted molar refractivity (Wildman–Crippen MR) is 152 cm³/mol. The third kappa shape index (κ3) is 4.56. The van der Waals surface area contributed by atoms with Crippen molar-refractivity contribution in [2.75, 3.05) is 18.0 Å². The molecule has 0 radical (unpaired) electrons. The molecular weight excluding hydrogens is 521 g/mol. The number of nitrogens with zero attached hydrogens (tertiary/aromatic N) is 8. The number of benzene rings is 1. The second kappa shape index (κ2) is 9.86. The van der Waals surface area contributed by atoms with Gasteiger partial charge in [-0.2, -0.15) is 10.2 Å². The minimum absolute atomic E-state index is 0.0558. The van der Waals surface area contributed by atoms with Crippen molar-refractivity contribution in [1.82, 2.24) is 34.3 Å². The Hall–Kier alpha value is -4.48. The molecule has 0 bridgehead atoms. The zero-order valence-electron chi connectivity index (χ0n) is 22.6. The summed E-state index contributed by atoms with van der Waals surface area (Å²) >= 11 is 0. The second-order valence-corrected chi connectivity index (χ2v) is 11.0. The van der Waals surface area contributed by atoms with E-state index in [-0.39, 0.29) is 18.0 Å². The number of hydrogen-bond acceptors (Lipinski definition) is 8. The topological polar surface area (TPSA) is 123 Å². The molecule has 11 heteroatoms. The highest BCUT2D eigenvalue weighted by Crippen LogP contribution is 2.34. The molecule has 1 unspecified atom stereocenters. The SMILES string of the molecule is CC(N)(c1ccc(F)cc1)c1cnc(C2=CCN(c3ncnn4cc(-c5cnn([C@H]6CC[C@@H]6O)c5)cc34)CC2)nc1. The van der Waals surface area contributed by atoms with E-state index in [2.05, 4.69) is 42.2 Å². The fourth-order valence-electron chi connectivity index (χ4n) is 5.55. The van der Waals surface area contributed by atoms with E-state index in [9.17, 15) is 9.50 Å². The van der Waals surface area contributed by atoms with Gasteiger partial charge in [0.2, 0.25) is 0 Å². The van der Waals surface area contributed by atoms with Gasteiger partial charge in [0.25, 0.3) is 0 Å². The first-order valence-electron chi connectivity index (χ1n) is 13.7. The second-order valence-electron chi connectivity index (χ2n) is 11.0. The van der Waals surface area contributed by atoms with Crippen molar-refractivity contribution in [2.45, 2.75) is 43.9 Å². The van der Waals surface area contributed by atoms with Crippen molar-refractivity contribution >= 4 is 16.9 Å². The minimum Gasteiger partial charge on any atom is -0.391 e. The van der Waals surface area contributed by atoms with Crippen molar-refractivity contribution in [3.05, 3.63) is 96.5 Å². The lowest BCUT2D eigenvalue weighted by Gasteiger charge is -2.32. The number of halogens is 1. The van der Waals surface area contributed by atoms with Gasteiger partial charge in [0, 0.05) is 54.6 Å². The Bertz CT molecular complexity index is 1740. The van der Waals surface area contributed by atoms with Gasteiger partial charge in [0.15, 0.2) is 11.6 Å². The van der Waals surface area contributed by atoms with E-state index >= 15 is 0 Å². The largest absolute Gasteiger partial charge is 0.391 e. The number of aliphatic hydroxyl groups excluding tert-OH is 1. The number of nitrogens with two attached hydrogens (primary N) is 1. The maximum atomic E-state index is 13.4. The summed E-state index contributed by atoms with van der Waals surface area (Å²) in [5, 5.41) is 18.9. The molecule has 41 heavy (non-hydrogen) atoms. The van der Waals surface area contributed by atoms with E-state index in [1.807, 2.05) is 34.7 Å². The van der Waals surface area contributed by atoms with Gasteiger partial charge in [-0.1, -0.05) is 18.2 Å². The molecule has 1 aromatic carbocycles. The van der Waals surface area contributed by atoms with E-state index in [4.69, 9.17) is 5.73 Å². The zero-order valence-corrected chi connectivity index (χ0v) is 22.6. The molecule has 10 nitrogen and oxygen atoms in total. The van der Waals surface area contributed by atoms with Crippen molar-refractivity contribution in [3.8, 4) is 11.1 Å². The van der Waals surface area contributed by atoms with Crippen LogP contribution in [-0.4, -0.2) is 58.6 Å². The quantitative estimate of drug-likeness (QED) is 0.327. The molecular formula is C30H30FN9O. The summed E-state index contributed by atoms with van der Waals surface area (Å²) in [6.45, 7) is 3.29. The van der Waals surface area contributed by atoms with Crippen LogP contribution in [0.4, 0.5) is 10.2 Å². The Morgan fingerprint density at radius 1 is 0.976 bits per heavy atom. The fraction of sp³-hybridized carbons (Fsp3) is 0.300. The number of aromatic nitrogens is 7. The fourth-order valence-corrected chi connectivity index (χ4v) is 5.55. The van der Waals surface area contributed by atoms with Crippen LogP contribution in [0.2, 0.25) is 0 Å². The highest BCUT2D eigenvalue weighted by Gasteiger charge is 2.31. The van der Waals surface area contributed by atoms with Crippen LogP contribution < -0.4 is 10.6 Å². The van der Waals surface area contributed by atoms with Crippen molar-refractivity contribution in [3.63, 3.8) is 0 Å². The van der Waals surface area contributed by atoms with Crippen LogP contribution >= 0.6 is 0 Å². The predicted octanol–water partition coefficient (Wildman–Crippen LogP) is 3.73. The van der Waals surface area contributed by atoms with Gasteiger partial charge in [-0.05, 0) is 55.5 Å². The van der Waals surface area contributed by atoms with Crippen molar-refractivity contribution in [2.24, 2.45) is 5.73 Å². The molecule has 1 aliphatic carbocycles. The van der Waals surface area contributed by atoms with Gasteiger partial charge in [-0.15, -0.1) is 0 Å². The number of anilines is 1. The number of aliphatic hydroxyl groups is 1. The first-order valence-corrected chi connectivity index (χ1v) is 13.7. The Kier molecular flexibility index (Phi) is 6.13. The first-order chi connectivity index (χ1) is 19.9. The summed E-state index contributed by atoms with van der Waals surface area (Å²) in [4.78, 5) is 16.1. The molecule has 7 rings (SSSR count). The van der Waals surface area contributed by atoms with Crippen LogP contribution in [-0.2, 0) is 5.54 Å². The number of fused-ring (bicyclic) bond motifs is 1. The van der Waals surface area contributed by atoms with E-state index < -0.39 is 5.54 Å². The van der Waals surface area contributed by atoms with Crippen LogP contribution in [0.5, 0.6) is 0 Å². The minimum atomic E-state index is -0.838. The molecule has 5 heterocycles. The highest BCUT2D eigenvalue weighted by atomic mass is 19.1. The molecule has 1 aliphatic heterocycles. The number of hydrogen-bond donors (Lipinski definition) is 2. The smallest absolute Gasteiger partial charge is 0.156 e. The summed E-state index contributed by atoms with van der Waals surface area (Å²) in [7, 11) is 0. The number of rotatable bonds is 6. The first kappa shape index (κ1) is 25.5. The van der Waals surface area contributed by atoms with Crippen LogP contribution in [0.25, 0.3) is 22.2 Å². The van der Waals surface area contributed by atoms with E-state index in [0.717, 1.165) is 65.0 Å². The summed E-state index contributed by atoms with van der Waals surface area (Å²) in [5.74, 6) is 1.24. The molecule has 3 N–H and O–H groups in total. The Morgan fingerprint density at radius 2 is 1.78 bits per heavy atom. The van der Waals surface area contributed by atoms with Gasteiger partial charge in [0.1, 0.15) is 17.7 Å². The van der Waals surface area contributed by atoms with Crippen molar-refractivity contribution < 1.29 is 9.50 Å². The van der Waals surface area contributed by atoms with Gasteiger partial charge < -0.3 is 15.7 Å². The summed E-state index contributed by atoms with van der Waals surface area (Å²) in [6.07, 6.45) is 15.2. The molecule has 0 saturated heterocycles. The molecule has 0 spiro atoms. The third-order valence-corrected chi connectivity index (χ3v) is 8.35. The average molecular weight is 552 g/mol. The molecule has 1 fully saturated rings. The van der Waals surface area contributed by atoms with E-state index in [0.29, 0.717) is 12.4 Å². The van der Waals surface area contributed by atoms with Gasteiger partial charge in [-0.3, -0.25) is 4.68 Å². The van der Waals surface area contributed by atoms with Gasteiger partial charge in [-0.25, -0.2) is 23.9 Å². The maximum Gasteiger partial charge on any atom is 0.156 e. The highest BCUT2D eigenvalue weighted by molar-refractivity contribution is 5.78. The lowest BCUT2D eigenvalue weighted by atomic mass is 9.87. The van der Waals surface area contributed by atoms with Crippen LogP contribution in [0.3, 0.4) is 0 Å². The molecule has 208 valence electrons. The zero-order chi connectivity index (χ0) is 28.1. The lowest BCUT2D eigenvalue weighted by molar-refractivity contribution is 0.0254. The Morgan fingerprint density at radius 3 is 2.46 bits per heavy atom. The Balaban J connectivity index is 1.09. The summed E-state index contributed by atoms with van der Waals surface area (Å²) < 4.78 is 17.1. The maximum absolute atomic E-state index is 13.4. The molecule has 1 saturated carbocycles. The van der Waals surface area contributed by atoms with Crippen LogP contribution in [0, 0.1) is 5.82 Å². The van der Waals surface area contributed by atoms with Gasteiger partial charge >= 0.3 is 0 Å². The molecule has 5 aromatic rings. The lowest BCUT2D eigenvalue weighted by Crippen LogP contribution is -2.34. The molecule has 3 atom stereocenters.